The molecule has 0 saturated carbocycles. The van der Waals surface area contributed by atoms with E-state index >= 15 is 0 Å². The Balaban J connectivity index is 0.000000242. The molecule has 1 amide bonds. The van der Waals surface area contributed by atoms with E-state index in [2.05, 4.69) is 34.5 Å². The Kier molecular flexibility index (Phi) is 11.3. The average Bonchev–Trinajstić information content (AvgIpc) is 3.67. The van der Waals surface area contributed by atoms with Crippen LogP contribution in [0.5, 0.6) is 11.8 Å². The van der Waals surface area contributed by atoms with Crippen molar-refractivity contribution in [2.75, 3.05) is 20.3 Å². The summed E-state index contributed by atoms with van der Waals surface area (Å²) in [6, 6.07) is 7.87. The minimum absolute atomic E-state index is 0.0916. The molecule has 0 atom stereocenters. The lowest BCUT2D eigenvalue weighted by molar-refractivity contribution is 0.0569. The maximum Gasteiger partial charge on any atom is 0.345 e. The third-order valence-electron chi connectivity index (χ3n) is 6.39. The van der Waals surface area contributed by atoms with Gasteiger partial charge in [0, 0.05) is 24.8 Å². The zero-order chi connectivity index (χ0) is 33.2. The predicted octanol–water partition coefficient (Wildman–Crippen LogP) is 3.88. The summed E-state index contributed by atoms with van der Waals surface area (Å²) < 4.78 is 64.7. The van der Waals surface area contributed by atoms with Gasteiger partial charge in [-0.05, 0) is 18.1 Å². The van der Waals surface area contributed by atoms with Gasteiger partial charge in [-0.3, -0.25) is 14.3 Å². The first-order valence-electron chi connectivity index (χ1n) is 13.6. The fourth-order valence-electron chi connectivity index (χ4n) is 4.25. The van der Waals surface area contributed by atoms with Gasteiger partial charge in [0.25, 0.3) is 18.8 Å². The smallest absolute Gasteiger partial charge is 0.345 e. The number of aromatic nitrogens is 6. The molecule has 1 aliphatic rings. The van der Waals surface area contributed by atoms with Crippen molar-refractivity contribution in [1.29, 1.82) is 0 Å². The molecule has 0 N–H and O–H groups in total. The van der Waals surface area contributed by atoms with Crippen molar-refractivity contribution in [3.8, 4) is 22.9 Å². The molecule has 0 bridgehead atoms. The lowest BCUT2D eigenvalue weighted by Crippen LogP contribution is -2.23. The number of aldehydes is 1. The number of aryl methyl sites for hydroxylation is 1. The molecule has 0 unspecified atom stereocenters. The molecule has 0 radical (unpaired) electrons. The molecule has 242 valence electrons. The van der Waals surface area contributed by atoms with Gasteiger partial charge in [0.1, 0.15) is 23.9 Å². The van der Waals surface area contributed by atoms with Gasteiger partial charge in [0.2, 0.25) is 11.8 Å². The van der Waals surface area contributed by atoms with Crippen LogP contribution in [0.3, 0.4) is 0 Å². The van der Waals surface area contributed by atoms with Crippen LogP contribution in [0.25, 0.3) is 11.1 Å². The molecule has 0 spiro atoms. The van der Waals surface area contributed by atoms with Gasteiger partial charge in [0.15, 0.2) is 25.1 Å². The van der Waals surface area contributed by atoms with Crippen LogP contribution < -0.4 is 9.47 Å². The third-order valence-corrected chi connectivity index (χ3v) is 6.39. The molecule has 46 heavy (non-hydrogen) atoms. The molecule has 13 nitrogen and oxygen atoms in total. The summed E-state index contributed by atoms with van der Waals surface area (Å²) in [6.07, 6.45) is 0.863. The topological polar surface area (TPSA) is 152 Å². The standard InChI is InChI=1S/C20H19F2N5O2.C9H8F2N2O4/c1-2-27-9-15(7-25-27)14-5-3-13(4-6-14)8-26-10-16-18(20(26)28)19(24-12-23-16)29-11-17(21)22;1-16-9(15)7-5(2-14)12-4-13-8(7)17-3-6(10)11/h3-7,9,12,17H,2,8,10-11H2,1H3;2,4,6H,3H2,1H3. The van der Waals surface area contributed by atoms with E-state index in [0.29, 0.717) is 12.2 Å². The van der Waals surface area contributed by atoms with Crippen LogP contribution in [0.15, 0.2) is 49.3 Å². The van der Waals surface area contributed by atoms with Crippen molar-refractivity contribution in [3.05, 3.63) is 77.4 Å². The molecule has 0 aliphatic carbocycles. The lowest BCUT2D eigenvalue weighted by atomic mass is 10.1. The number of halogens is 4. The monoisotopic (exact) mass is 645 g/mol. The van der Waals surface area contributed by atoms with E-state index in [1.807, 2.05) is 48.3 Å². The number of methoxy groups -OCH3 is 1. The summed E-state index contributed by atoms with van der Waals surface area (Å²) in [6.45, 7) is 1.73. The van der Waals surface area contributed by atoms with Crippen LogP contribution >= 0.6 is 0 Å². The predicted molar refractivity (Wildman–Crippen MR) is 151 cm³/mol. The van der Waals surface area contributed by atoms with E-state index in [0.717, 1.165) is 36.7 Å². The highest BCUT2D eigenvalue weighted by Crippen LogP contribution is 2.29. The summed E-state index contributed by atoms with van der Waals surface area (Å²) >= 11 is 0. The summed E-state index contributed by atoms with van der Waals surface area (Å²) in [5.74, 6) is -1.75. The van der Waals surface area contributed by atoms with Crippen LogP contribution in [-0.4, -0.2) is 86.0 Å². The van der Waals surface area contributed by atoms with Crippen LogP contribution in [0.4, 0.5) is 17.6 Å². The SMILES string of the molecule is CCn1cc(-c2ccc(CN3Cc4ncnc(OCC(F)F)c4C3=O)cc2)cn1.COC(=O)c1c(C=O)ncnc1OCC(F)F. The second-order valence-corrected chi connectivity index (χ2v) is 9.40. The van der Waals surface area contributed by atoms with Gasteiger partial charge < -0.3 is 19.1 Å². The lowest BCUT2D eigenvalue weighted by Gasteiger charge is -2.15. The Labute approximate surface area is 259 Å². The highest BCUT2D eigenvalue weighted by molar-refractivity contribution is 6.00. The number of ether oxygens (including phenoxy) is 3. The Bertz CT molecular complexity index is 1670. The Morgan fingerprint density at radius 1 is 0.957 bits per heavy atom. The first-order chi connectivity index (χ1) is 22.1. The van der Waals surface area contributed by atoms with Crippen LogP contribution in [0.2, 0.25) is 0 Å². The number of fused-ring (bicyclic) bond motifs is 1. The first-order valence-corrected chi connectivity index (χ1v) is 13.6. The molecule has 17 heteroatoms. The largest absolute Gasteiger partial charge is 0.471 e. The van der Waals surface area contributed by atoms with Crippen molar-refractivity contribution in [1.82, 2.24) is 34.6 Å². The quantitative estimate of drug-likeness (QED) is 0.125. The van der Waals surface area contributed by atoms with E-state index in [-0.39, 0.29) is 41.4 Å². The van der Waals surface area contributed by atoms with Gasteiger partial charge in [-0.15, -0.1) is 0 Å². The van der Waals surface area contributed by atoms with Crippen LogP contribution in [0, 0.1) is 0 Å². The normalized spacial score (nSPS) is 12.1. The Morgan fingerprint density at radius 3 is 2.22 bits per heavy atom. The minimum atomic E-state index is -2.73. The van der Waals surface area contributed by atoms with E-state index in [4.69, 9.17) is 4.74 Å². The molecule has 1 aliphatic heterocycles. The molecule has 3 aromatic heterocycles. The zero-order valence-corrected chi connectivity index (χ0v) is 24.5. The van der Waals surface area contributed by atoms with Gasteiger partial charge in [-0.1, -0.05) is 24.3 Å². The molecule has 4 heterocycles. The maximum absolute atomic E-state index is 12.8. The molecule has 4 aromatic rings. The summed E-state index contributed by atoms with van der Waals surface area (Å²) in [4.78, 5) is 51.3. The van der Waals surface area contributed by atoms with Crippen LogP contribution in [-0.2, 0) is 24.4 Å². The second kappa shape index (κ2) is 15.5. The number of hydrogen-bond donors (Lipinski definition) is 0. The molecular weight excluding hydrogens is 618 g/mol. The van der Waals surface area contributed by atoms with E-state index in [1.165, 1.54) is 6.33 Å². The van der Waals surface area contributed by atoms with E-state index in [1.54, 1.807) is 4.90 Å². The Hall–Kier alpha value is -5.48. The number of carbonyl (C=O) groups excluding carboxylic acids is 3. The highest BCUT2D eigenvalue weighted by Gasteiger charge is 2.33. The molecular formula is C29H27F4N7O6. The highest BCUT2D eigenvalue weighted by atomic mass is 19.3. The van der Waals surface area contributed by atoms with Crippen LogP contribution in [0.1, 0.15) is 49.4 Å². The number of esters is 1. The van der Waals surface area contributed by atoms with Crippen molar-refractivity contribution in [3.63, 3.8) is 0 Å². The summed E-state index contributed by atoms with van der Waals surface area (Å²) in [5, 5.41) is 4.28. The molecule has 5 rings (SSSR count). The maximum atomic E-state index is 12.8. The van der Waals surface area contributed by atoms with Gasteiger partial charge in [-0.25, -0.2) is 42.3 Å². The number of nitrogens with zero attached hydrogens (tertiary/aromatic N) is 7. The van der Waals surface area contributed by atoms with E-state index < -0.39 is 37.9 Å². The Morgan fingerprint density at radius 2 is 1.61 bits per heavy atom. The van der Waals surface area contributed by atoms with Crippen molar-refractivity contribution < 1.29 is 46.2 Å². The van der Waals surface area contributed by atoms with Gasteiger partial charge >= 0.3 is 5.97 Å². The van der Waals surface area contributed by atoms with E-state index in [9.17, 15) is 31.9 Å². The average molecular weight is 646 g/mol. The molecule has 1 aromatic carbocycles. The zero-order valence-electron chi connectivity index (χ0n) is 24.5. The molecule has 0 fully saturated rings. The van der Waals surface area contributed by atoms with Crippen molar-refractivity contribution in [2.24, 2.45) is 0 Å². The second-order valence-electron chi connectivity index (χ2n) is 9.40. The number of benzene rings is 1. The summed E-state index contributed by atoms with van der Waals surface area (Å²) in [5.41, 5.74) is 3.01. The summed E-state index contributed by atoms with van der Waals surface area (Å²) in [7, 11) is 1.07. The fourth-order valence-corrected chi connectivity index (χ4v) is 4.25. The number of rotatable bonds is 12. The van der Waals surface area contributed by atoms with Gasteiger partial charge in [0.05, 0.1) is 25.5 Å². The fraction of sp³-hybridized carbons (Fsp3) is 0.310. The number of carbonyl (C=O) groups is 3. The minimum Gasteiger partial charge on any atom is -0.471 e. The number of amides is 1. The number of alkyl halides is 4. The number of hydrogen-bond acceptors (Lipinski definition) is 11. The van der Waals surface area contributed by atoms with Crippen molar-refractivity contribution >= 4 is 18.2 Å². The molecule has 0 saturated heterocycles. The van der Waals surface area contributed by atoms with Crippen molar-refractivity contribution in [2.45, 2.75) is 39.4 Å². The van der Waals surface area contributed by atoms with Gasteiger partial charge in [-0.2, -0.15) is 5.10 Å². The first kappa shape index (κ1) is 33.4. The third kappa shape index (κ3) is 8.16.